The number of nitrogens with zero attached hydrogens (tertiary/aromatic N) is 1. The van der Waals surface area contributed by atoms with Crippen LogP contribution in [0.4, 0.5) is 18.0 Å². The van der Waals surface area contributed by atoms with Crippen molar-refractivity contribution >= 4 is 6.09 Å². The molecule has 8 heteroatoms. The first-order chi connectivity index (χ1) is 16.7. The Morgan fingerprint density at radius 1 is 1.00 bits per heavy atom. The molecule has 4 rings (SSSR count). The van der Waals surface area contributed by atoms with Gasteiger partial charge in [-0.2, -0.15) is 0 Å². The third-order valence-electron chi connectivity index (χ3n) is 6.52. The number of aliphatic hydroxyl groups is 2. The smallest absolute Gasteiger partial charge is 0.411 e. The monoisotopic (exact) mass is 485 g/mol. The number of benzene rings is 3. The van der Waals surface area contributed by atoms with Gasteiger partial charge in [0.25, 0.3) is 0 Å². The lowest BCUT2D eigenvalue weighted by Crippen LogP contribution is -2.50. The van der Waals surface area contributed by atoms with E-state index in [1.807, 2.05) is 6.92 Å². The molecule has 1 aliphatic heterocycles. The second-order valence-corrected chi connectivity index (χ2v) is 8.78. The van der Waals surface area contributed by atoms with Gasteiger partial charge in [-0.3, -0.25) is 0 Å². The van der Waals surface area contributed by atoms with Crippen molar-refractivity contribution in [2.45, 2.75) is 37.5 Å². The Labute approximate surface area is 201 Å². The summed E-state index contributed by atoms with van der Waals surface area (Å²) < 4.78 is 46.7. The fourth-order valence-electron chi connectivity index (χ4n) is 4.53. The molecule has 1 fully saturated rings. The highest BCUT2D eigenvalue weighted by Crippen LogP contribution is 2.40. The van der Waals surface area contributed by atoms with Crippen LogP contribution in [-0.2, 0) is 10.3 Å². The van der Waals surface area contributed by atoms with Crippen LogP contribution in [0.5, 0.6) is 0 Å². The molecule has 0 saturated carbocycles. The molecular weight excluding hydrogens is 459 g/mol. The van der Waals surface area contributed by atoms with E-state index in [1.165, 1.54) is 36.4 Å². The molecule has 1 amide bonds. The molecule has 0 aromatic heterocycles. The number of cyclic esters (lactones) is 1. The standard InChI is InChI=1S/C27H26F3NO4/c1-17(18-2-4-19(5-3-18)24-11-10-22(29)14-25(24)30)31-13-12-27(35-26(31)34,15-23(33)16-32)20-6-8-21(28)9-7-20/h2-11,14,17,23,32-33H,12-13,15-16H2,1H3/t17-,23-,27-/m0/s1. The fourth-order valence-corrected chi connectivity index (χ4v) is 4.53. The first kappa shape index (κ1) is 24.8. The molecule has 2 N–H and O–H groups in total. The molecule has 3 atom stereocenters. The van der Waals surface area contributed by atoms with Gasteiger partial charge in [0.1, 0.15) is 23.1 Å². The minimum atomic E-state index is -1.20. The van der Waals surface area contributed by atoms with Gasteiger partial charge in [-0.25, -0.2) is 18.0 Å². The van der Waals surface area contributed by atoms with Crippen molar-refractivity contribution in [3.05, 3.63) is 95.3 Å². The molecule has 35 heavy (non-hydrogen) atoms. The number of carbonyl (C=O) groups is 1. The Balaban J connectivity index is 1.53. The first-order valence-electron chi connectivity index (χ1n) is 11.3. The Bertz CT molecular complexity index is 1190. The van der Waals surface area contributed by atoms with Gasteiger partial charge in [0, 0.05) is 31.0 Å². The predicted octanol–water partition coefficient (Wildman–Crippen LogP) is 5.31. The molecule has 5 nitrogen and oxygen atoms in total. The average Bonchev–Trinajstić information content (AvgIpc) is 2.84. The van der Waals surface area contributed by atoms with E-state index in [2.05, 4.69) is 0 Å². The molecule has 0 aliphatic carbocycles. The SMILES string of the molecule is C[C@@H](c1ccc(-c2ccc(F)cc2F)cc1)N1CC[C@](C[C@H](O)CO)(c2ccc(F)cc2)OC1=O. The highest BCUT2D eigenvalue weighted by molar-refractivity contribution is 5.70. The van der Waals surface area contributed by atoms with E-state index in [9.17, 15) is 28.2 Å². The molecule has 1 heterocycles. The summed E-state index contributed by atoms with van der Waals surface area (Å²) in [6, 6.07) is 15.5. The van der Waals surface area contributed by atoms with Crippen molar-refractivity contribution in [3.8, 4) is 11.1 Å². The van der Waals surface area contributed by atoms with Crippen molar-refractivity contribution in [3.63, 3.8) is 0 Å². The van der Waals surface area contributed by atoms with Gasteiger partial charge in [0.05, 0.1) is 18.8 Å². The number of hydrogen-bond acceptors (Lipinski definition) is 4. The van der Waals surface area contributed by atoms with E-state index in [-0.39, 0.29) is 18.0 Å². The van der Waals surface area contributed by atoms with E-state index in [0.717, 1.165) is 11.6 Å². The van der Waals surface area contributed by atoms with Crippen LogP contribution >= 0.6 is 0 Å². The van der Waals surface area contributed by atoms with Crippen molar-refractivity contribution < 1.29 is 32.9 Å². The van der Waals surface area contributed by atoms with Crippen LogP contribution in [0.3, 0.4) is 0 Å². The van der Waals surface area contributed by atoms with Crippen LogP contribution in [0.1, 0.15) is 36.9 Å². The highest BCUT2D eigenvalue weighted by atomic mass is 19.1. The third kappa shape index (κ3) is 5.18. The maximum atomic E-state index is 14.1. The minimum absolute atomic E-state index is 0.0268. The maximum absolute atomic E-state index is 14.1. The van der Waals surface area contributed by atoms with Gasteiger partial charge in [-0.1, -0.05) is 36.4 Å². The second kappa shape index (κ2) is 10.1. The fraction of sp³-hybridized carbons (Fsp3) is 0.296. The van der Waals surface area contributed by atoms with Crippen molar-refractivity contribution in [1.82, 2.24) is 4.90 Å². The second-order valence-electron chi connectivity index (χ2n) is 8.78. The summed E-state index contributed by atoms with van der Waals surface area (Å²) in [7, 11) is 0. The lowest BCUT2D eigenvalue weighted by Gasteiger charge is -2.44. The number of rotatable bonds is 7. The van der Waals surface area contributed by atoms with Gasteiger partial charge in [-0.15, -0.1) is 0 Å². The van der Waals surface area contributed by atoms with Crippen LogP contribution in [0, 0.1) is 17.5 Å². The number of carbonyl (C=O) groups excluding carboxylic acids is 1. The molecular formula is C27H26F3NO4. The van der Waals surface area contributed by atoms with E-state index < -0.39 is 41.9 Å². The largest absolute Gasteiger partial charge is 0.438 e. The molecule has 0 bridgehead atoms. The maximum Gasteiger partial charge on any atom is 0.411 e. The van der Waals surface area contributed by atoms with Gasteiger partial charge >= 0.3 is 6.09 Å². The molecule has 1 saturated heterocycles. The van der Waals surface area contributed by atoms with E-state index >= 15 is 0 Å². The number of ether oxygens (including phenoxy) is 1. The van der Waals surface area contributed by atoms with Gasteiger partial charge < -0.3 is 19.8 Å². The summed E-state index contributed by atoms with van der Waals surface area (Å²) in [6.45, 7) is 1.63. The molecule has 184 valence electrons. The van der Waals surface area contributed by atoms with Crippen LogP contribution in [0.15, 0.2) is 66.7 Å². The third-order valence-corrected chi connectivity index (χ3v) is 6.52. The van der Waals surface area contributed by atoms with Crippen LogP contribution in [0.2, 0.25) is 0 Å². The summed E-state index contributed by atoms with van der Waals surface area (Å²) in [6.07, 6.45) is -1.42. The molecule has 0 spiro atoms. The Morgan fingerprint density at radius 2 is 1.66 bits per heavy atom. The summed E-state index contributed by atoms with van der Waals surface area (Å²) in [5.74, 6) is -1.75. The highest BCUT2D eigenvalue weighted by Gasteiger charge is 2.44. The van der Waals surface area contributed by atoms with E-state index in [4.69, 9.17) is 4.74 Å². The Kier molecular flexibility index (Phi) is 7.14. The number of halogens is 3. The number of aliphatic hydroxyl groups excluding tert-OH is 2. The Hall–Kier alpha value is -3.36. The van der Waals surface area contributed by atoms with Gasteiger partial charge in [-0.05, 0) is 47.9 Å². The summed E-state index contributed by atoms with van der Waals surface area (Å²) in [5.41, 5.74) is 0.978. The van der Waals surface area contributed by atoms with E-state index in [1.54, 1.807) is 29.2 Å². The van der Waals surface area contributed by atoms with Crippen molar-refractivity contribution in [2.24, 2.45) is 0 Å². The molecule has 1 aliphatic rings. The van der Waals surface area contributed by atoms with Crippen molar-refractivity contribution in [1.29, 1.82) is 0 Å². The van der Waals surface area contributed by atoms with Gasteiger partial charge in [0.2, 0.25) is 0 Å². The van der Waals surface area contributed by atoms with Crippen LogP contribution < -0.4 is 0 Å². The average molecular weight is 486 g/mol. The quantitative estimate of drug-likeness (QED) is 0.476. The zero-order chi connectivity index (χ0) is 25.2. The normalized spacial score (nSPS) is 19.8. The summed E-state index contributed by atoms with van der Waals surface area (Å²) in [5, 5.41) is 19.5. The number of amides is 1. The lowest BCUT2D eigenvalue weighted by molar-refractivity contribution is -0.0892. The Morgan fingerprint density at radius 3 is 2.26 bits per heavy atom. The summed E-state index contributed by atoms with van der Waals surface area (Å²) >= 11 is 0. The van der Waals surface area contributed by atoms with Crippen LogP contribution in [0.25, 0.3) is 11.1 Å². The zero-order valence-corrected chi connectivity index (χ0v) is 19.1. The number of hydrogen-bond donors (Lipinski definition) is 2. The molecule has 3 aromatic rings. The molecule has 0 unspecified atom stereocenters. The van der Waals surface area contributed by atoms with Crippen molar-refractivity contribution in [2.75, 3.05) is 13.2 Å². The first-order valence-corrected chi connectivity index (χ1v) is 11.3. The van der Waals surface area contributed by atoms with Gasteiger partial charge in [0.15, 0.2) is 0 Å². The predicted molar refractivity (Wildman–Crippen MR) is 124 cm³/mol. The topological polar surface area (TPSA) is 70.0 Å². The van der Waals surface area contributed by atoms with Crippen LogP contribution in [-0.4, -0.2) is 40.5 Å². The molecule has 3 aromatic carbocycles. The molecule has 0 radical (unpaired) electrons. The van der Waals surface area contributed by atoms with E-state index in [0.29, 0.717) is 24.1 Å². The summed E-state index contributed by atoms with van der Waals surface area (Å²) in [4.78, 5) is 14.6. The zero-order valence-electron chi connectivity index (χ0n) is 19.1. The lowest BCUT2D eigenvalue weighted by atomic mass is 9.83. The minimum Gasteiger partial charge on any atom is -0.438 e.